The van der Waals surface area contributed by atoms with Crippen molar-refractivity contribution < 1.29 is 4.79 Å². The third-order valence-electron chi connectivity index (χ3n) is 4.22. The van der Waals surface area contributed by atoms with Gasteiger partial charge in [0.2, 0.25) is 0 Å². The molecule has 19 heavy (non-hydrogen) atoms. The number of hydrogen-bond donors (Lipinski definition) is 0. The van der Waals surface area contributed by atoms with Crippen LogP contribution in [0, 0.1) is 11.3 Å². The van der Waals surface area contributed by atoms with E-state index in [-0.39, 0.29) is 5.78 Å². The summed E-state index contributed by atoms with van der Waals surface area (Å²) in [4.78, 5) is 12.2. The van der Waals surface area contributed by atoms with Gasteiger partial charge in [0.25, 0.3) is 0 Å². The van der Waals surface area contributed by atoms with Crippen LogP contribution in [0.2, 0.25) is 0 Å². The van der Waals surface area contributed by atoms with Gasteiger partial charge in [-0.25, -0.2) is 0 Å². The Labute approximate surface area is 129 Å². The summed E-state index contributed by atoms with van der Waals surface area (Å²) in [7, 11) is 0. The van der Waals surface area contributed by atoms with Crippen molar-refractivity contribution in [1.29, 1.82) is 0 Å². The Morgan fingerprint density at radius 3 is 1.84 bits per heavy atom. The minimum absolute atomic E-state index is 0.223. The Balaban J connectivity index is 5.15. The summed E-state index contributed by atoms with van der Waals surface area (Å²) < 4.78 is -0.783. The number of ketones is 1. The van der Waals surface area contributed by atoms with Crippen molar-refractivity contribution in [3.05, 3.63) is 0 Å². The van der Waals surface area contributed by atoms with Crippen molar-refractivity contribution in [3.63, 3.8) is 0 Å². The van der Waals surface area contributed by atoms with Crippen LogP contribution < -0.4 is 0 Å². The zero-order valence-corrected chi connectivity index (χ0v) is 14.7. The van der Waals surface area contributed by atoms with Crippen LogP contribution in [0.4, 0.5) is 0 Å². The van der Waals surface area contributed by atoms with Gasteiger partial charge in [-0.2, -0.15) is 0 Å². The van der Waals surface area contributed by atoms with Crippen LogP contribution in [0.1, 0.15) is 79.6 Å². The fraction of sp³-hybridized carbons (Fsp3) is 0.938. The van der Waals surface area contributed by atoms with E-state index in [0.717, 1.165) is 38.5 Å². The van der Waals surface area contributed by atoms with Gasteiger partial charge in [-0.1, -0.05) is 47.0 Å². The molecule has 0 aromatic rings. The van der Waals surface area contributed by atoms with Gasteiger partial charge in [0, 0.05) is 5.41 Å². The van der Waals surface area contributed by atoms with Gasteiger partial charge in [0.15, 0.2) is 0 Å². The first kappa shape index (κ1) is 19.2. The lowest BCUT2D eigenvalue weighted by Crippen LogP contribution is -2.39. The Hall–Kier alpha value is 0.250. The molecule has 0 spiro atoms. The highest BCUT2D eigenvalue weighted by atomic mass is 35.5. The van der Waals surface area contributed by atoms with Gasteiger partial charge >= 0.3 is 0 Å². The molecule has 1 atom stereocenters. The smallest absolute Gasteiger partial charge is 0.136 e. The molecule has 0 aliphatic carbocycles. The Kier molecular flexibility index (Phi) is 8.63. The maximum atomic E-state index is 12.2. The first-order valence-corrected chi connectivity index (χ1v) is 8.38. The fourth-order valence-corrected chi connectivity index (χ4v) is 3.96. The van der Waals surface area contributed by atoms with E-state index in [4.69, 9.17) is 23.2 Å². The molecule has 0 radical (unpaired) electrons. The van der Waals surface area contributed by atoms with Crippen molar-refractivity contribution in [2.24, 2.45) is 11.3 Å². The van der Waals surface area contributed by atoms with Crippen LogP contribution in [-0.2, 0) is 4.79 Å². The number of rotatable bonds is 10. The molecule has 0 rings (SSSR count). The molecule has 0 bridgehead atoms. The number of carbonyl (C=O) groups excluding carboxylic acids is 1. The molecular formula is C16H30Cl2O. The van der Waals surface area contributed by atoms with E-state index in [1.54, 1.807) is 6.92 Å². The zero-order chi connectivity index (χ0) is 15.1. The number of carbonyl (C=O) groups is 1. The SMILES string of the molecule is CCCC(CCC)C(C)(CC(Cl)(Cl)CCC)C(C)=O. The monoisotopic (exact) mass is 308 g/mol. The predicted molar refractivity (Wildman–Crippen MR) is 86.1 cm³/mol. The van der Waals surface area contributed by atoms with Gasteiger partial charge in [0.05, 0.1) is 0 Å². The van der Waals surface area contributed by atoms with Crippen molar-refractivity contribution in [2.75, 3.05) is 0 Å². The molecule has 0 amide bonds. The molecule has 1 unspecified atom stereocenters. The van der Waals surface area contributed by atoms with Gasteiger partial charge in [0.1, 0.15) is 10.1 Å². The second kappa shape index (κ2) is 8.52. The van der Waals surface area contributed by atoms with Gasteiger partial charge < -0.3 is 0 Å². The molecule has 0 saturated heterocycles. The molecule has 0 aliphatic rings. The standard InChI is InChI=1S/C16H30Cl2O/c1-6-9-14(10-7-2)15(5,13(4)19)12-16(17,18)11-8-3/h14H,6-12H2,1-5H3. The van der Waals surface area contributed by atoms with E-state index in [1.807, 2.05) is 0 Å². The number of halogens is 2. The average Bonchev–Trinajstić information content (AvgIpc) is 2.27. The summed E-state index contributed by atoms with van der Waals surface area (Å²) in [5.74, 6) is 0.606. The first-order valence-electron chi connectivity index (χ1n) is 7.62. The predicted octanol–water partition coefficient (Wildman–Crippen LogP) is 6.16. The Morgan fingerprint density at radius 1 is 1.05 bits per heavy atom. The van der Waals surface area contributed by atoms with Gasteiger partial charge in [-0.3, -0.25) is 4.79 Å². The highest BCUT2D eigenvalue weighted by Crippen LogP contribution is 2.46. The Bertz CT molecular complexity index is 270. The van der Waals surface area contributed by atoms with Crippen LogP contribution in [0.25, 0.3) is 0 Å². The fourth-order valence-electron chi connectivity index (χ4n) is 3.03. The molecule has 0 aromatic carbocycles. The second-order valence-electron chi connectivity index (χ2n) is 6.03. The quantitative estimate of drug-likeness (QED) is 0.441. The minimum Gasteiger partial charge on any atom is -0.299 e. The lowest BCUT2D eigenvalue weighted by atomic mass is 9.67. The lowest BCUT2D eigenvalue weighted by Gasteiger charge is -2.39. The zero-order valence-electron chi connectivity index (χ0n) is 13.2. The van der Waals surface area contributed by atoms with E-state index in [1.165, 1.54) is 0 Å². The van der Waals surface area contributed by atoms with E-state index in [2.05, 4.69) is 27.7 Å². The third kappa shape index (κ3) is 6.04. The van der Waals surface area contributed by atoms with Crippen LogP contribution in [0.3, 0.4) is 0 Å². The lowest BCUT2D eigenvalue weighted by molar-refractivity contribution is -0.129. The molecule has 0 N–H and O–H groups in total. The molecule has 3 heteroatoms. The maximum absolute atomic E-state index is 12.2. The summed E-state index contributed by atoms with van der Waals surface area (Å²) >= 11 is 12.8. The van der Waals surface area contributed by atoms with Crippen molar-refractivity contribution >= 4 is 29.0 Å². The molecule has 0 saturated carbocycles. The van der Waals surface area contributed by atoms with Gasteiger partial charge in [-0.05, 0) is 38.5 Å². The van der Waals surface area contributed by atoms with Crippen LogP contribution in [0.5, 0.6) is 0 Å². The van der Waals surface area contributed by atoms with E-state index >= 15 is 0 Å². The molecule has 0 heterocycles. The second-order valence-corrected chi connectivity index (χ2v) is 7.67. The maximum Gasteiger partial charge on any atom is 0.136 e. The van der Waals surface area contributed by atoms with Crippen molar-refractivity contribution in [3.8, 4) is 0 Å². The largest absolute Gasteiger partial charge is 0.299 e. The average molecular weight is 309 g/mol. The summed E-state index contributed by atoms with van der Waals surface area (Å²) in [5, 5.41) is 0. The number of alkyl halides is 2. The molecule has 114 valence electrons. The number of Topliss-reactive ketones (excluding diaryl/α,β-unsaturated/α-hetero) is 1. The molecular weight excluding hydrogens is 279 g/mol. The summed E-state index contributed by atoms with van der Waals surface area (Å²) in [6, 6.07) is 0. The third-order valence-corrected chi connectivity index (χ3v) is 4.87. The Morgan fingerprint density at radius 2 is 1.53 bits per heavy atom. The molecule has 0 aromatic heterocycles. The normalized spacial score (nSPS) is 15.6. The summed E-state index contributed by atoms with van der Waals surface area (Å²) in [6.07, 6.45) is 6.58. The van der Waals surface area contributed by atoms with Crippen LogP contribution in [0.15, 0.2) is 0 Å². The van der Waals surface area contributed by atoms with E-state index in [0.29, 0.717) is 12.3 Å². The minimum atomic E-state index is -0.783. The highest BCUT2D eigenvalue weighted by Gasteiger charge is 2.43. The van der Waals surface area contributed by atoms with Crippen LogP contribution >= 0.6 is 23.2 Å². The van der Waals surface area contributed by atoms with E-state index in [9.17, 15) is 4.79 Å². The van der Waals surface area contributed by atoms with E-state index < -0.39 is 9.75 Å². The molecule has 0 aliphatic heterocycles. The van der Waals surface area contributed by atoms with Gasteiger partial charge in [-0.15, -0.1) is 23.2 Å². The molecule has 0 fully saturated rings. The topological polar surface area (TPSA) is 17.1 Å². The van der Waals surface area contributed by atoms with Crippen molar-refractivity contribution in [1.82, 2.24) is 0 Å². The highest BCUT2D eigenvalue weighted by molar-refractivity contribution is 6.48. The van der Waals surface area contributed by atoms with Crippen molar-refractivity contribution in [2.45, 2.75) is 83.9 Å². The first-order chi connectivity index (χ1) is 8.73. The molecule has 1 nitrogen and oxygen atoms in total. The summed E-state index contributed by atoms with van der Waals surface area (Å²) in [6.45, 7) is 10.2. The van der Waals surface area contributed by atoms with Crippen LogP contribution in [-0.4, -0.2) is 10.1 Å². The summed E-state index contributed by atoms with van der Waals surface area (Å²) in [5.41, 5.74) is -0.398. The number of hydrogen-bond acceptors (Lipinski definition) is 1.